The molecule has 0 rings (SSSR count). The van der Waals surface area contributed by atoms with Crippen molar-refractivity contribution in [2.75, 3.05) is 0 Å². The van der Waals surface area contributed by atoms with Crippen LogP contribution >= 0.6 is 0 Å². The second-order valence-electron chi connectivity index (χ2n) is 3.40. The van der Waals surface area contributed by atoms with Crippen molar-refractivity contribution < 1.29 is 19.7 Å². The Kier molecular flexibility index (Phi) is 5.49. The number of carbonyl (C=O) groups excluding carboxylic acids is 1. The summed E-state index contributed by atoms with van der Waals surface area (Å²) in [5.74, 6) is -2.57. The summed E-state index contributed by atoms with van der Waals surface area (Å²) in [6.45, 7) is 8.32. The molecule has 0 bridgehead atoms. The summed E-state index contributed by atoms with van der Waals surface area (Å²) in [5.41, 5.74) is 0.272. The van der Waals surface area contributed by atoms with Gasteiger partial charge in [0.2, 0.25) is 5.91 Å². The van der Waals surface area contributed by atoms with E-state index in [1.54, 1.807) is 13.8 Å². The minimum atomic E-state index is -2.02. The zero-order valence-electron chi connectivity index (χ0n) is 9.41. The van der Waals surface area contributed by atoms with Gasteiger partial charge in [-0.1, -0.05) is 20.4 Å². The molecule has 0 aliphatic rings. The van der Waals surface area contributed by atoms with Crippen LogP contribution < -0.4 is 5.32 Å². The first-order chi connectivity index (χ1) is 6.82. The molecule has 0 radical (unpaired) electrons. The van der Waals surface area contributed by atoms with E-state index < -0.39 is 18.1 Å². The lowest BCUT2D eigenvalue weighted by molar-refractivity contribution is -0.212. The van der Waals surface area contributed by atoms with Gasteiger partial charge in [0.15, 0.2) is 6.23 Å². The third-order valence-electron chi connectivity index (χ3n) is 1.85. The summed E-state index contributed by atoms with van der Waals surface area (Å²) in [4.78, 5) is 11.2. The van der Waals surface area contributed by atoms with Crippen molar-refractivity contribution in [2.24, 2.45) is 0 Å². The third-order valence-corrected chi connectivity index (χ3v) is 1.85. The first-order valence-corrected chi connectivity index (χ1v) is 4.91. The van der Waals surface area contributed by atoms with Gasteiger partial charge in [0, 0.05) is 12.0 Å². The first-order valence-electron chi connectivity index (χ1n) is 4.91. The first kappa shape index (κ1) is 14.1. The molecule has 3 N–H and O–H groups in total. The Balaban J connectivity index is 4.27. The van der Waals surface area contributed by atoms with Crippen LogP contribution in [0.25, 0.3) is 0 Å². The maximum absolute atomic E-state index is 11.2. The molecule has 88 valence electrons. The van der Waals surface area contributed by atoms with Crippen molar-refractivity contribution in [3.63, 3.8) is 0 Å². The van der Waals surface area contributed by atoms with Crippen molar-refractivity contribution in [1.82, 2.24) is 5.32 Å². The van der Waals surface area contributed by atoms with E-state index in [1.165, 1.54) is 6.92 Å². The molecule has 5 heteroatoms. The van der Waals surface area contributed by atoms with E-state index >= 15 is 0 Å². The van der Waals surface area contributed by atoms with E-state index in [0.717, 1.165) is 0 Å². The molecule has 0 fully saturated rings. The van der Waals surface area contributed by atoms with Crippen LogP contribution in [0.3, 0.4) is 0 Å². The van der Waals surface area contributed by atoms with Gasteiger partial charge in [-0.3, -0.25) is 0 Å². The average Bonchev–Trinajstić information content (AvgIpc) is 2.16. The van der Waals surface area contributed by atoms with Crippen LogP contribution in [-0.4, -0.2) is 28.3 Å². The van der Waals surface area contributed by atoms with Crippen LogP contribution in [0.1, 0.15) is 33.6 Å². The minimum absolute atomic E-state index is 0.0914. The molecule has 1 atom stereocenters. The van der Waals surface area contributed by atoms with E-state index in [4.69, 9.17) is 4.74 Å². The maximum Gasteiger partial charge on any atom is 0.334 e. The lowest BCUT2D eigenvalue weighted by Crippen LogP contribution is -2.51. The second-order valence-corrected chi connectivity index (χ2v) is 3.40. The van der Waals surface area contributed by atoms with E-state index in [1.807, 2.05) is 0 Å². The third kappa shape index (κ3) is 5.51. The van der Waals surface area contributed by atoms with Crippen molar-refractivity contribution in [3.05, 3.63) is 12.2 Å². The van der Waals surface area contributed by atoms with Crippen molar-refractivity contribution in [3.8, 4) is 0 Å². The van der Waals surface area contributed by atoms with Gasteiger partial charge in [-0.2, -0.15) is 0 Å². The lowest BCUT2D eigenvalue weighted by Gasteiger charge is -2.27. The zero-order chi connectivity index (χ0) is 12.1. The number of ether oxygens (including phenoxy) is 1. The Morgan fingerprint density at radius 2 is 2.07 bits per heavy atom. The molecule has 0 aromatic carbocycles. The Morgan fingerprint density at radius 3 is 2.40 bits per heavy atom. The number of nitrogens with one attached hydrogen (secondary N) is 1. The highest BCUT2D eigenvalue weighted by molar-refractivity contribution is 5.87. The quantitative estimate of drug-likeness (QED) is 0.342. The van der Waals surface area contributed by atoms with Gasteiger partial charge >= 0.3 is 5.97 Å². The molecule has 0 amide bonds. The Labute approximate surface area is 89.7 Å². The van der Waals surface area contributed by atoms with Crippen molar-refractivity contribution >= 4 is 5.97 Å². The molecule has 0 spiro atoms. The average molecular weight is 217 g/mol. The van der Waals surface area contributed by atoms with Crippen LogP contribution in [0.15, 0.2) is 12.2 Å². The molecule has 5 nitrogen and oxygen atoms in total. The van der Waals surface area contributed by atoms with Crippen LogP contribution in [0, 0.1) is 0 Å². The fourth-order valence-corrected chi connectivity index (χ4v) is 0.805. The number of aliphatic hydroxyl groups is 2. The fraction of sp³-hybridized carbons (Fsp3) is 0.700. The van der Waals surface area contributed by atoms with E-state index in [2.05, 4.69) is 11.9 Å². The minimum Gasteiger partial charge on any atom is -0.443 e. The van der Waals surface area contributed by atoms with Crippen molar-refractivity contribution in [2.45, 2.75) is 45.8 Å². The predicted molar refractivity (Wildman–Crippen MR) is 55.6 cm³/mol. The molecule has 0 aromatic rings. The monoisotopic (exact) mass is 217 g/mol. The van der Waals surface area contributed by atoms with Crippen LogP contribution in [0.2, 0.25) is 0 Å². The summed E-state index contributed by atoms with van der Waals surface area (Å²) < 4.78 is 4.93. The number of rotatable bonds is 6. The summed E-state index contributed by atoms with van der Waals surface area (Å²) in [6, 6.07) is 0. The predicted octanol–water partition coefficient (Wildman–Crippen LogP) is 0.480. The number of esters is 1. The topological polar surface area (TPSA) is 78.8 Å². The molecule has 0 heterocycles. The number of hydrogen-bond acceptors (Lipinski definition) is 5. The zero-order valence-corrected chi connectivity index (χ0v) is 9.41. The summed E-state index contributed by atoms with van der Waals surface area (Å²) in [5, 5.41) is 21.0. The molecule has 0 saturated carbocycles. The summed E-state index contributed by atoms with van der Waals surface area (Å²) in [7, 11) is 0. The molecule has 0 aliphatic carbocycles. The Bertz CT molecular complexity index is 238. The van der Waals surface area contributed by atoms with Gasteiger partial charge in [-0.25, -0.2) is 10.1 Å². The standard InChI is InChI=1S/C10H19NO4/c1-5-8(11-10(13,14)6-2)15-9(12)7(3)4/h8,11,13-14H,3,5-6H2,1-2,4H3. The molecule has 0 aliphatic heterocycles. The van der Waals surface area contributed by atoms with E-state index in [-0.39, 0.29) is 12.0 Å². The second kappa shape index (κ2) is 5.85. The summed E-state index contributed by atoms with van der Waals surface area (Å²) >= 11 is 0. The highest BCUT2D eigenvalue weighted by Gasteiger charge is 2.25. The van der Waals surface area contributed by atoms with Gasteiger partial charge in [0.05, 0.1) is 0 Å². The molecule has 15 heavy (non-hydrogen) atoms. The summed E-state index contributed by atoms with van der Waals surface area (Å²) in [6.07, 6.45) is -0.208. The lowest BCUT2D eigenvalue weighted by atomic mass is 10.3. The Hall–Kier alpha value is -0.910. The van der Waals surface area contributed by atoms with Crippen LogP contribution in [0.4, 0.5) is 0 Å². The molecule has 0 aromatic heterocycles. The molecule has 1 unspecified atom stereocenters. The van der Waals surface area contributed by atoms with E-state index in [9.17, 15) is 15.0 Å². The van der Waals surface area contributed by atoms with Crippen LogP contribution in [0.5, 0.6) is 0 Å². The maximum atomic E-state index is 11.2. The fourth-order valence-electron chi connectivity index (χ4n) is 0.805. The number of hydrogen-bond donors (Lipinski definition) is 3. The van der Waals surface area contributed by atoms with Gasteiger partial charge in [0.1, 0.15) is 0 Å². The van der Waals surface area contributed by atoms with Crippen LogP contribution in [-0.2, 0) is 9.53 Å². The van der Waals surface area contributed by atoms with E-state index in [0.29, 0.717) is 6.42 Å². The van der Waals surface area contributed by atoms with Gasteiger partial charge < -0.3 is 14.9 Å². The van der Waals surface area contributed by atoms with Crippen molar-refractivity contribution in [1.29, 1.82) is 0 Å². The molecular weight excluding hydrogens is 198 g/mol. The highest BCUT2D eigenvalue weighted by Crippen LogP contribution is 2.06. The highest BCUT2D eigenvalue weighted by atomic mass is 16.6. The molecule has 0 saturated heterocycles. The Morgan fingerprint density at radius 1 is 1.53 bits per heavy atom. The van der Waals surface area contributed by atoms with Gasteiger partial charge in [0.25, 0.3) is 0 Å². The SMILES string of the molecule is C=C(C)C(=O)OC(CC)NC(O)(O)CC. The molecular formula is C10H19NO4. The number of carbonyl (C=O) groups is 1. The largest absolute Gasteiger partial charge is 0.443 e. The normalized spacial score (nSPS) is 13.4. The van der Waals surface area contributed by atoms with Gasteiger partial charge in [-0.15, -0.1) is 0 Å². The smallest absolute Gasteiger partial charge is 0.334 e. The van der Waals surface area contributed by atoms with Gasteiger partial charge in [-0.05, 0) is 13.3 Å².